The van der Waals surface area contributed by atoms with Crippen molar-refractivity contribution >= 4 is 11.3 Å². The van der Waals surface area contributed by atoms with Crippen molar-refractivity contribution in [3.63, 3.8) is 0 Å². The fourth-order valence-corrected chi connectivity index (χ4v) is 1.92. The van der Waals surface area contributed by atoms with E-state index in [0.29, 0.717) is 6.54 Å². The maximum atomic E-state index is 5.48. The summed E-state index contributed by atoms with van der Waals surface area (Å²) < 4.78 is 1.75. The van der Waals surface area contributed by atoms with Crippen LogP contribution < -0.4 is 5.73 Å². The fraction of sp³-hybridized carbons (Fsp3) is 0.375. The molecule has 74 valence electrons. The highest BCUT2D eigenvalue weighted by Crippen LogP contribution is 2.07. The average molecular weight is 209 g/mol. The number of nitrogens with two attached hydrogens (primary N) is 1. The molecular formula is C8H11N5S. The second-order valence-electron chi connectivity index (χ2n) is 2.90. The van der Waals surface area contributed by atoms with E-state index in [9.17, 15) is 0 Å². The molecule has 2 aromatic heterocycles. The third kappa shape index (κ3) is 1.97. The summed E-state index contributed by atoms with van der Waals surface area (Å²) >= 11 is 1.70. The van der Waals surface area contributed by atoms with Gasteiger partial charge in [-0.1, -0.05) is 0 Å². The fourth-order valence-electron chi connectivity index (χ4n) is 1.21. The summed E-state index contributed by atoms with van der Waals surface area (Å²) in [6, 6.07) is 2.11. The molecule has 2 N–H and O–H groups in total. The third-order valence-corrected chi connectivity index (χ3v) is 2.71. The molecule has 14 heavy (non-hydrogen) atoms. The lowest BCUT2D eigenvalue weighted by Crippen LogP contribution is -2.11. The lowest BCUT2D eigenvalue weighted by Gasteiger charge is -2.00. The number of nitrogens with zero attached hydrogens (tertiary/aromatic N) is 4. The molecule has 5 nitrogen and oxygen atoms in total. The van der Waals surface area contributed by atoms with E-state index in [0.717, 1.165) is 18.8 Å². The summed E-state index contributed by atoms with van der Waals surface area (Å²) in [5.41, 5.74) is 6.80. The van der Waals surface area contributed by atoms with Crippen LogP contribution in [0.2, 0.25) is 0 Å². The minimum Gasteiger partial charge on any atom is -0.324 e. The van der Waals surface area contributed by atoms with Crippen LogP contribution in [-0.4, -0.2) is 20.2 Å². The molecule has 0 aliphatic rings. The van der Waals surface area contributed by atoms with Crippen LogP contribution in [0.3, 0.4) is 0 Å². The molecule has 0 aliphatic heterocycles. The predicted molar refractivity (Wildman–Crippen MR) is 53.7 cm³/mol. The standard InChI is InChI=1S/C8H11N5S/c9-5-8-10-11-12-13(8)3-1-7-2-4-14-6-7/h2,4,6H,1,3,5,9H2. The zero-order chi connectivity index (χ0) is 9.80. The second kappa shape index (κ2) is 4.30. The molecule has 0 unspecified atom stereocenters. The van der Waals surface area contributed by atoms with E-state index < -0.39 is 0 Å². The molecule has 2 rings (SSSR count). The number of aryl methyl sites for hydroxylation is 2. The first-order valence-electron chi connectivity index (χ1n) is 4.36. The first-order chi connectivity index (χ1) is 6.90. The molecule has 0 aliphatic carbocycles. The lowest BCUT2D eigenvalue weighted by molar-refractivity contribution is 0.565. The van der Waals surface area contributed by atoms with Gasteiger partial charge in [-0.25, -0.2) is 4.68 Å². The van der Waals surface area contributed by atoms with Crippen LogP contribution in [0.5, 0.6) is 0 Å². The molecule has 0 aromatic carbocycles. The summed E-state index contributed by atoms with van der Waals surface area (Å²) in [6.45, 7) is 1.17. The zero-order valence-corrected chi connectivity index (χ0v) is 8.44. The Labute approximate surface area is 85.5 Å². The molecule has 2 heterocycles. The molecule has 0 amide bonds. The normalized spacial score (nSPS) is 10.6. The highest BCUT2D eigenvalue weighted by atomic mass is 32.1. The molecular weight excluding hydrogens is 198 g/mol. The Morgan fingerprint density at radius 3 is 3.14 bits per heavy atom. The summed E-state index contributed by atoms with van der Waals surface area (Å²) in [5, 5.41) is 15.5. The second-order valence-corrected chi connectivity index (χ2v) is 3.68. The van der Waals surface area contributed by atoms with Gasteiger partial charge in [0.1, 0.15) is 0 Å². The summed E-state index contributed by atoms with van der Waals surface area (Å²) in [5.74, 6) is 0.736. The van der Waals surface area contributed by atoms with E-state index in [2.05, 4.69) is 32.4 Å². The van der Waals surface area contributed by atoms with Gasteiger partial charge in [-0.05, 0) is 39.2 Å². The number of hydrogen-bond acceptors (Lipinski definition) is 5. The van der Waals surface area contributed by atoms with Crippen molar-refractivity contribution in [2.45, 2.75) is 19.5 Å². The van der Waals surface area contributed by atoms with Crippen molar-refractivity contribution in [1.82, 2.24) is 20.2 Å². The van der Waals surface area contributed by atoms with Gasteiger partial charge in [-0.3, -0.25) is 0 Å². The van der Waals surface area contributed by atoms with E-state index in [1.54, 1.807) is 16.0 Å². The van der Waals surface area contributed by atoms with E-state index >= 15 is 0 Å². The van der Waals surface area contributed by atoms with Crippen molar-refractivity contribution < 1.29 is 0 Å². The van der Waals surface area contributed by atoms with Crippen LogP contribution in [0.4, 0.5) is 0 Å². The predicted octanol–water partition coefficient (Wildman–Crippen LogP) is 0.436. The highest BCUT2D eigenvalue weighted by Gasteiger charge is 2.03. The van der Waals surface area contributed by atoms with E-state index in [1.165, 1.54) is 5.56 Å². The largest absolute Gasteiger partial charge is 0.324 e. The van der Waals surface area contributed by atoms with Crippen molar-refractivity contribution in [1.29, 1.82) is 0 Å². The van der Waals surface area contributed by atoms with Gasteiger partial charge >= 0.3 is 0 Å². The molecule has 0 bridgehead atoms. The van der Waals surface area contributed by atoms with Crippen LogP contribution in [-0.2, 0) is 19.5 Å². The van der Waals surface area contributed by atoms with Crippen molar-refractivity contribution in [2.75, 3.05) is 0 Å². The topological polar surface area (TPSA) is 69.6 Å². The van der Waals surface area contributed by atoms with Gasteiger partial charge in [-0.15, -0.1) is 5.10 Å². The average Bonchev–Trinajstić information content (AvgIpc) is 2.85. The monoisotopic (exact) mass is 209 g/mol. The Morgan fingerprint density at radius 2 is 2.43 bits per heavy atom. The summed E-state index contributed by atoms with van der Waals surface area (Å²) in [4.78, 5) is 0. The van der Waals surface area contributed by atoms with Gasteiger partial charge in [0, 0.05) is 6.54 Å². The minimum atomic E-state index is 0.386. The van der Waals surface area contributed by atoms with Crippen LogP contribution >= 0.6 is 11.3 Å². The van der Waals surface area contributed by atoms with Gasteiger partial charge in [-0.2, -0.15) is 11.3 Å². The summed E-state index contributed by atoms with van der Waals surface area (Å²) in [7, 11) is 0. The Balaban J connectivity index is 1.98. The number of hydrogen-bond donors (Lipinski definition) is 1. The Hall–Kier alpha value is -1.27. The molecule has 6 heteroatoms. The Kier molecular flexibility index (Phi) is 2.85. The van der Waals surface area contributed by atoms with Crippen LogP contribution in [0, 0.1) is 0 Å². The summed E-state index contributed by atoms with van der Waals surface area (Å²) in [6.07, 6.45) is 0.946. The van der Waals surface area contributed by atoms with Crippen LogP contribution in [0.1, 0.15) is 11.4 Å². The maximum Gasteiger partial charge on any atom is 0.164 e. The zero-order valence-electron chi connectivity index (χ0n) is 7.63. The molecule has 2 aromatic rings. The molecule has 0 atom stereocenters. The van der Waals surface area contributed by atoms with Crippen molar-refractivity contribution in [3.8, 4) is 0 Å². The smallest absolute Gasteiger partial charge is 0.164 e. The molecule has 0 saturated carbocycles. The highest BCUT2D eigenvalue weighted by molar-refractivity contribution is 7.07. The maximum absolute atomic E-state index is 5.48. The van der Waals surface area contributed by atoms with E-state index in [-0.39, 0.29) is 0 Å². The first-order valence-corrected chi connectivity index (χ1v) is 5.30. The third-order valence-electron chi connectivity index (χ3n) is 1.98. The molecule has 0 radical (unpaired) electrons. The number of rotatable bonds is 4. The number of thiophene rings is 1. The molecule has 0 spiro atoms. The van der Waals surface area contributed by atoms with Gasteiger partial charge < -0.3 is 5.73 Å². The van der Waals surface area contributed by atoms with Gasteiger partial charge in [0.15, 0.2) is 5.82 Å². The quantitative estimate of drug-likeness (QED) is 0.793. The minimum absolute atomic E-state index is 0.386. The van der Waals surface area contributed by atoms with Gasteiger partial charge in [0.05, 0.1) is 6.54 Å². The Bertz CT molecular complexity index is 380. The molecule has 0 fully saturated rings. The van der Waals surface area contributed by atoms with Crippen LogP contribution in [0.25, 0.3) is 0 Å². The number of tetrazole rings is 1. The van der Waals surface area contributed by atoms with Crippen molar-refractivity contribution in [3.05, 3.63) is 28.2 Å². The lowest BCUT2D eigenvalue weighted by atomic mass is 10.2. The van der Waals surface area contributed by atoms with E-state index in [1.807, 2.05) is 0 Å². The van der Waals surface area contributed by atoms with Gasteiger partial charge in [0.25, 0.3) is 0 Å². The Morgan fingerprint density at radius 1 is 1.50 bits per heavy atom. The van der Waals surface area contributed by atoms with Gasteiger partial charge in [0.2, 0.25) is 0 Å². The molecule has 0 saturated heterocycles. The van der Waals surface area contributed by atoms with E-state index in [4.69, 9.17) is 5.73 Å². The van der Waals surface area contributed by atoms with Crippen molar-refractivity contribution in [2.24, 2.45) is 5.73 Å². The first kappa shape index (κ1) is 9.29. The van der Waals surface area contributed by atoms with Crippen LogP contribution in [0.15, 0.2) is 16.8 Å². The SMILES string of the molecule is NCc1nnnn1CCc1ccsc1. The number of aromatic nitrogens is 4.